The van der Waals surface area contributed by atoms with Crippen LogP contribution in [0.15, 0.2) is 42.5 Å². The van der Waals surface area contributed by atoms with Crippen LogP contribution < -0.4 is 10.2 Å². The minimum absolute atomic E-state index is 0.0606. The van der Waals surface area contributed by atoms with Gasteiger partial charge < -0.3 is 15.1 Å². The number of halogens is 2. The molecular weight excluding hydrogens is 457 g/mol. The molecule has 33 heavy (non-hydrogen) atoms. The minimum atomic E-state index is -0.0606. The number of benzene rings is 2. The standard InChI is InChI=1S/C25H29Cl2N5O/c1-4-30-11-13-31(14-12-30)24-8-6-5-7-23(24)28-25(33)16-20-17(2)29-32(18(20)3)19-9-10-21(26)22(27)15-19/h5-10,15H,4,11-14,16H2,1-3H3,(H,28,33). The zero-order valence-electron chi connectivity index (χ0n) is 19.2. The number of aryl methyl sites for hydroxylation is 1. The van der Waals surface area contributed by atoms with Crippen molar-refractivity contribution in [2.75, 3.05) is 42.9 Å². The number of rotatable bonds is 6. The van der Waals surface area contributed by atoms with Crippen molar-refractivity contribution in [3.05, 3.63) is 69.5 Å². The monoisotopic (exact) mass is 485 g/mol. The van der Waals surface area contributed by atoms with Crippen LogP contribution in [-0.4, -0.2) is 53.3 Å². The van der Waals surface area contributed by atoms with Gasteiger partial charge >= 0.3 is 0 Å². The molecule has 1 amide bonds. The van der Waals surface area contributed by atoms with E-state index in [-0.39, 0.29) is 12.3 Å². The molecule has 0 radical (unpaired) electrons. The molecule has 0 saturated carbocycles. The Kier molecular flexibility index (Phi) is 7.27. The van der Waals surface area contributed by atoms with Crippen LogP contribution in [0.3, 0.4) is 0 Å². The van der Waals surface area contributed by atoms with Crippen molar-refractivity contribution in [2.24, 2.45) is 0 Å². The van der Waals surface area contributed by atoms with Crippen LogP contribution in [0.4, 0.5) is 11.4 Å². The second kappa shape index (κ2) is 10.2. The second-order valence-electron chi connectivity index (χ2n) is 8.32. The lowest BCUT2D eigenvalue weighted by Crippen LogP contribution is -2.46. The van der Waals surface area contributed by atoms with Crippen LogP contribution in [0.1, 0.15) is 23.9 Å². The zero-order chi connectivity index (χ0) is 23.5. The molecule has 1 fully saturated rings. The molecule has 8 heteroatoms. The van der Waals surface area contributed by atoms with Gasteiger partial charge in [0.25, 0.3) is 0 Å². The molecule has 1 aromatic heterocycles. The number of carbonyl (C=O) groups excluding carboxylic acids is 1. The van der Waals surface area contributed by atoms with E-state index in [1.165, 1.54) is 0 Å². The van der Waals surface area contributed by atoms with Gasteiger partial charge in [-0.2, -0.15) is 5.10 Å². The van der Waals surface area contributed by atoms with E-state index in [0.29, 0.717) is 10.0 Å². The summed E-state index contributed by atoms with van der Waals surface area (Å²) in [5, 5.41) is 8.74. The Bertz CT molecular complexity index is 1150. The minimum Gasteiger partial charge on any atom is -0.367 e. The van der Waals surface area contributed by atoms with Crippen LogP contribution in [0.2, 0.25) is 10.0 Å². The normalized spacial score (nSPS) is 14.5. The van der Waals surface area contributed by atoms with Crippen LogP contribution in [0.25, 0.3) is 5.69 Å². The van der Waals surface area contributed by atoms with Gasteiger partial charge in [0.05, 0.1) is 39.2 Å². The number of anilines is 2. The fraction of sp³-hybridized carbons (Fsp3) is 0.360. The first-order valence-corrected chi connectivity index (χ1v) is 12.0. The van der Waals surface area contributed by atoms with E-state index in [1.54, 1.807) is 16.8 Å². The third-order valence-corrected chi connectivity index (χ3v) is 7.00. The molecule has 1 N–H and O–H groups in total. The summed E-state index contributed by atoms with van der Waals surface area (Å²) in [6.45, 7) is 11.1. The van der Waals surface area contributed by atoms with Crippen LogP contribution >= 0.6 is 23.2 Å². The summed E-state index contributed by atoms with van der Waals surface area (Å²) in [4.78, 5) is 17.8. The highest BCUT2D eigenvalue weighted by molar-refractivity contribution is 6.42. The van der Waals surface area contributed by atoms with Gasteiger partial charge in [-0.1, -0.05) is 42.3 Å². The van der Waals surface area contributed by atoms with Gasteiger partial charge in [-0.15, -0.1) is 0 Å². The van der Waals surface area contributed by atoms with Crippen LogP contribution in [0.5, 0.6) is 0 Å². The second-order valence-corrected chi connectivity index (χ2v) is 9.14. The first-order chi connectivity index (χ1) is 15.9. The highest BCUT2D eigenvalue weighted by Gasteiger charge is 2.20. The van der Waals surface area contributed by atoms with Crippen LogP contribution in [-0.2, 0) is 11.2 Å². The number of nitrogens with zero attached hydrogens (tertiary/aromatic N) is 4. The average Bonchev–Trinajstić information content (AvgIpc) is 3.09. The molecule has 0 atom stereocenters. The molecule has 0 spiro atoms. The number of hydrogen-bond donors (Lipinski definition) is 1. The predicted molar refractivity (Wildman–Crippen MR) is 136 cm³/mol. The van der Waals surface area contributed by atoms with Gasteiger partial charge in [-0.05, 0) is 50.7 Å². The Balaban J connectivity index is 1.50. The Morgan fingerprint density at radius 3 is 2.45 bits per heavy atom. The molecule has 4 rings (SSSR count). The molecule has 0 bridgehead atoms. The average molecular weight is 486 g/mol. The molecule has 2 aromatic carbocycles. The maximum atomic E-state index is 13.1. The van der Waals surface area contributed by atoms with E-state index in [9.17, 15) is 4.79 Å². The van der Waals surface area contributed by atoms with Crippen molar-refractivity contribution >= 4 is 40.5 Å². The molecule has 6 nitrogen and oxygen atoms in total. The first kappa shape index (κ1) is 23.6. The van der Waals surface area contributed by atoms with Crippen molar-refractivity contribution in [2.45, 2.75) is 27.2 Å². The molecule has 1 aliphatic heterocycles. The van der Waals surface area contributed by atoms with E-state index in [2.05, 4.69) is 33.2 Å². The lowest BCUT2D eigenvalue weighted by molar-refractivity contribution is -0.115. The van der Waals surface area contributed by atoms with E-state index < -0.39 is 0 Å². The van der Waals surface area contributed by atoms with Crippen molar-refractivity contribution < 1.29 is 4.79 Å². The summed E-state index contributed by atoms with van der Waals surface area (Å²) in [5.74, 6) is -0.0606. The fourth-order valence-electron chi connectivity index (χ4n) is 4.31. The fourth-order valence-corrected chi connectivity index (χ4v) is 4.61. The first-order valence-electron chi connectivity index (χ1n) is 11.2. The smallest absolute Gasteiger partial charge is 0.228 e. The third kappa shape index (κ3) is 5.18. The largest absolute Gasteiger partial charge is 0.367 e. The maximum absolute atomic E-state index is 13.1. The number of para-hydroxylation sites is 2. The number of amides is 1. The summed E-state index contributed by atoms with van der Waals surface area (Å²) in [6, 6.07) is 13.4. The SMILES string of the molecule is CCN1CCN(c2ccccc2NC(=O)Cc2c(C)nn(-c3ccc(Cl)c(Cl)c3)c2C)CC1. The third-order valence-electron chi connectivity index (χ3n) is 6.26. The lowest BCUT2D eigenvalue weighted by Gasteiger charge is -2.36. The van der Waals surface area contributed by atoms with Gasteiger partial charge in [0, 0.05) is 37.4 Å². The highest BCUT2D eigenvalue weighted by atomic mass is 35.5. The molecule has 0 aliphatic carbocycles. The Morgan fingerprint density at radius 2 is 1.76 bits per heavy atom. The molecule has 174 valence electrons. The number of nitrogens with one attached hydrogen (secondary N) is 1. The molecule has 1 aliphatic rings. The molecule has 0 unspecified atom stereocenters. The maximum Gasteiger partial charge on any atom is 0.228 e. The van der Waals surface area contributed by atoms with E-state index in [4.69, 9.17) is 23.2 Å². The Labute approximate surface area is 205 Å². The molecule has 1 saturated heterocycles. The summed E-state index contributed by atoms with van der Waals surface area (Å²) in [5.41, 5.74) is 5.37. The van der Waals surface area contributed by atoms with E-state index in [1.807, 2.05) is 38.1 Å². The molecule has 3 aromatic rings. The van der Waals surface area contributed by atoms with Crippen molar-refractivity contribution in [1.29, 1.82) is 0 Å². The van der Waals surface area contributed by atoms with Crippen LogP contribution in [0, 0.1) is 13.8 Å². The molecule has 2 heterocycles. The number of aromatic nitrogens is 2. The summed E-state index contributed by atoms with van der Waals surface area (Å²) in [6.07, 6.45) is 0.247. The summed E-state index contributed by atoms with van der Waals surface area (Å²) < 4.78 is 1.81. The summed E-state index contributed by atoms with van der Waals surface area (Å²) >= 11 is 12.2. The van der Waals surface area contributed by atoms with Gasteiger partial charge in [-0.3, -0.25) is 4.79 Å². The van der Waals surface area contributed by atoms with E-state index >= 15 is 0 Å². The highest BCUT2D eigenvalue weighted by Crippen LogP contribution is 2.28. The summed E-state index contributed by atoms with van der Waals surface area (Å²) in [7, 11) is 0. The van der Waals surface area contributed by atoms with Crippen molar-refractivity contribution in [3.8, 4) is 5.69 Å². The van der Waals surface area contributed by atoms with Crippen molar-refractivity contribution in [1.82, 2.24) is 14.7 Å². The molecular formula is C25H29Cl2N5O. The number of carbonyl (C=O) groups is 1. The zero-order valence-corrected chi connectivity index (χ0v) is 20.7. The number of piperazine rings is 1. The Morgan fingerprint density at radius 1 is 1.03 bits per heavy atom. The Hall–Kier alpha value is -2.54. The number of likely N-dealkylation sites (N-methyl/N-ethyl adjacent to an activating group) is 1. The van der Waals surface area contributed by atoms with Gasteiger partial charge in [0.1, 0.15) is 0 Å². The van der Waals surface area contributed by atoms with E-state index in [0.717, 1.165) is 66.7 Å². The lowest BCUT2D eigenvalue weighted by atomic mass is 10.1. The van der Waals surface area contributed by atoms with Gasteiger partial charge in [0.2, 0.25) is 5.91 Å². The predicted octanol–water partition coefficient (Wildman–Crippen LogP) is 5.12. The van der Waals surface area contributed by atoms with Gasteiger partial charge in [-0.25, -0.2) is 4.68 Å². The quantitative estimate of drug-likeness (QED) is 0.526. The van der Waals surface area contributed by atoms with Gasteiger partial charge in [0.15, 0.2) is 0 Å². The topological polar surface area (TPSA) is 53.4 Å². The van der Waals surface area contributed by atoms with Crippen molar-refractivity contribution in [3.63, 3.8) is 0 Å². The number of hydrogen-bond acceptors (Lipinski definition) is 4.